The fourth-order valence-corrected chi connectivity index (χ4v) is 2.05. The molecule has 2 aromatic heterocycles. The third-order valence-corrected chi connectivity index (χ3v) is 3.13. The molecule has 3 aromatic rings. The van der Waals surface area contributed by atoms with Crippen molar-refractivity contribution in [3.8, 4) is 17.2 Å². The molecule has 0 fully saturated rings. The van der Waals surface area contributed by atoms with Crippen LogP contribution in [0.25, 0.3) is 17.2 Å². The molecule has 3 rings (SSSR count). The zero-order valence-corrected chi connectivity index (χ0v) is 12.1. The van der Waals surface area contributed by atoms with E-state index >= 15 is 0 Å². The van der Waals surface area contributed by atoms with E-state index in [-0.39, 0.29) is 4.99 Å². The average Bonchev–Trinajstić information content (AvgIpc) is 2.97. The van der Waals surface area contributed by atoms with Crippen molar-refractivity contribution < 1.29 is 0 Å². The molecule has 2 heterocycles. The van der Waals surface area contributed by atoms with E-state index in [2.05, 4.69) is 20.4 Å². The Kier molecular flexibility index (Phi) is 3.41. The summed E-state index contributed by atoms with van der Waals surface area (Å²) >= 11 is 5.04. The van der Waals surface area contributed by atoms with E-state index in [4.69, 9.17) is 18.0 Å². The molecule has 1 aromatic carbocycles. The first kappa shape index (κ1) is 13.3. The lowest BCUT2D eigenvalue weighted by atomic mass is 10.2. The lowest BCUT2D eigenvalue weighted by Crippen LogP contribution is -2.16. The zero-order valence-electron chi connectivity index (χ0n) is 11.3. The fourth-order valence-electron chi connectivity index (χ4n) is 1.89. The number of nitrogens with two attached hydrogens (primary N) is 1. The molecular formula is C14H12N6S. The normalized spacial score (nSPS) is 10.5. The maximum absolute atomic E-state index is 5.72. The van der Waals surface area contributed by atoms with Gasteiger partial charge in [-0.25, -0.2) is 4.98 Å². The van der Waals surface area contributed by atoms with Gasteiger partial charge < -0.3 is 5.73 Å². The molecule has 6 nitrogen and oxygen atoms in total. The number of hydrogen-bond acceptors (Lipinski definition) is 5. The van der Waals surface area contributed by atoms with Crippen LogP contribution in [0.3, 0.4) is 0 Å². The Balaban J connectivity index is 2.08. The van der Waals surface area contributed by atoms with Crippen molar-refractivity contribution in [1.29, 1.82) is 0 Å². The summed E-state index contributed by atoms with van der Waals surface area (Å²) in [7, 11) is 0. The topological polar surface area (TPSA) is 82.5 Å². The van der Waals surface area contributed by atoms with Crippen LogP contribution in [0.5, 0.6) is 0 Å². The summed E-state index contributed by atoms with van der Waals surface area (Å²) in [6.45, 7) is 1.88. The Morgan fingerprint density at radius 1 is 1.14 bits per heavy atom. The summed E-state index contributed by atoms with van der Waals surface area (Å²) < 4.78 is 0. The van der Waals surface area contributed by atoms with Crippen molar-refractivity contribution in [2.75, 3.05) is 0 Å². The van der Waals surface area contributed by atoms with Crippen molar-refractivity contribution in [3.05, 3.63) is 53.7 Å². The number of rotatable bonds is 3. The molecule has 7 heteroatoms. The number of aryl methyl sites for hydroxylation is 1. The van der Waals surface area contributed by atoms with E-state index in [1.165, 1.54) is 4.80 Å². The van der Waals surface area contributed by atoms with E-state index in [0.29, 0.717) is 17.2 Å². The van der Waals surface area contributed by atoms with Gasteiger partial charge in [-0.3, -0.25) is 0 Å². The zero-order chi connectivity index (χ0) is 14.8. The Bertz CT molecular complexity index is 796. The minimum atomic E-state index is 0.246. The van der Waals surface area contributed by atoms with Crippen molar-refractivity contribution >= 4 is 17.2 Å². The van der Waals surface area contributed by atoms with Gasteiger partial charge in [0.15, 0.2) is 5.82 Å². The first-order chi connectivity index (χ1) is 10.1. The molecule has 0 saturated heterocycles. The summed E-state index contributed by atoms with van der Waals surface area (Å²) in [5, 5.41) is 12.4. The largest absolute Gasteiger partial charge is 0.389 e. The first-order valence-corrected chi connectivity index (χ1v) is 6.69. The van der Waals surface area contributed by atoms with Crippen LogP contribution in [0.15, 0.2) is 42.5 Å². The van der Waals surface area contributed by atoms with Gasteiger partial charge in [0.1, 0.15) is 4.99 Å². The van der Waals surface area contributed by atoms with Crippen LogP contribution < -0.4 is 5.73 Å². The molecular weight excluding hydrogens is 284 g/mol. The third-order valence-electron chi connectivity index (χ3n) is 2.91. The van der Waals surface area contributed by atoms with Crippen molar-refractivity contribution in [2.45, 2.75) is 6.92 Å². The van der Waals surface area contributed by atoms with Gasteiger partial charge in [-0.2, -0.15) is 0 Å². The van der Waals surface area contributed by atoms with Crippen LogP contribution in [0, 0.1) is 6.92 Å². The van der Waals surface area contributed by atoms with Gasteiger partial charge in [-0.15, -0.1) is 15.0 Å². The minimum Gasteiger partial charge on any atom is -0.389 e. The van der Waals surface area contributed by atoms with Crippen LogP contribution in [0.4, 0.5) is 0 Å². The van der Waals surface area contributed by atoms with E-state index < -0.39 is 0 Å². The van der Waals surface area contributed by atoms with Gasteiger partial charge >= 0.3 is 0 Å². The molecule has 0 unspecified atom stereocenters. The minimum absolute atomic E-state index is 0.246. The predicted molar refractivity (Wildman–Crippen MR) is 83.0 cm³/mol. The number of tetrazole rings is 1. The number of thiocarbonyl (C=S) groups is 1. The van der Waals surface area contributed by atoms with Crippen molar-refractivity contribution in [3.63, 3.8) is 0 Å². The third kappa shape index (κ3) is 2.63. The molecule has 0 radical (unpaired) electrons. The number of nitrogens with zero attached hydrogens (tertiary/aromatic N) is 5. The highest BCUT2D eigenvalue weighted by Gasteiger charge is 2.13. The van der Waals surface area contributed by atoms with Gasteiger partial charge in [-0.1, -0.05) is 42.5 Å². The molecule has 0 spiro atoms. The second kappa shape index (κ2) is 5.37. The molecule has 0 saturated carbocycles. The Morgan fingerprint density at radius 3 is 2.62 bits per heavy atom. The summed E-state index contributed by atoms with van der Waals surface area (Å²) in [5.41, 5.74) is 8.05. The smallest absolute Gasteiger partial charge is 0.205 e. The number of pyridine rings is 1. The molecule has 0 aliphatic rings. The van der Waals surface area contributed by atoms with Gasteiger partial charge in [0, 0.05) is 11.3 Å². The van der Waals surface area contributed by atoms with Crippen LogP contribution in [-0.4, -0.2) is 30.2 Å². The SMILES string of the molecule is Cc1ccc(C(N)=S)c(-n2nnc(-c3ccccc3)n2)n1. The molecule has 104 valence electrons. The molecule has 0 atom stereocenters. The van der Waals surface area contributed by atoms with E-state index in [9.17, 15) is 0 Å². The maximum Gasteiger partial charge on any atom is 0.205 e. The summed E-state index contributed by atoms with van der Waals surface area (Å²) in [4.78, 5) is 6.00. The predicted octanol–water partition coefficient (Wildman–Crippen LogP) is 1.67. The standard InChI is InChI=1S/C14H12N6S/c1-9-7-8-11(12(15)21)14(16-9)20-18-13(17-19-20)10-5-3-2-4-6-10/h2-8H,1H3,(H2,15,21). The van der Waals surface area contributed by atoms with Crippen molar-refractivity contribution in [2.24, 2.45) is 5.73 Å². The van der Waals surface area contributed by atoms with Crippen molar-refractivity contribution in [1.82, 2.24) is 25.2 Å². The van der Waals surface area contributed by atoms with Crippen LogP contribution in [0.1, 0.15) is 11.3 Å². The highest BCUT2D eigenvalue weighted by Crippen LogP contribution is 2.15. The van der Waals surface area contributed by atoms with Gasteiger partial charge in [0.25, 0.3) is 0 Å². The molecule has 0 bridgehead atoms. The maximum atomic E-state index is 5.72. The highest BCUT2D eigenvalue weighted by atomic mass is 32.1. The monoisotopic (exact) mass is 296 g/mol. The Morgan fingerprint density at radius 2 is 1.90 bits per heavy atom. The van der Waals surface area contributed by atoms with Crippen LogP contribution in [-0.2, 0) is 0 Å². The highest BCUT2D eigenvalue weighted by molar-refractivity contribution is 7.80. The average molecular weight is 296 g/mol. The quantitative estimate of drug-likeness (QED) is 0.740. The molecule has 21 heavy (non-hydrogen) atoms. The lowest BCUT2D eigenvalue weighted by Gasteiger charge is -2.05. The molecule has 0 amide bonds. The lowest BCUT2D eigenvalue weighted by molar-refractivity contribution is 0.697. The fraction of sp³-hybridized carbons (Fsp3) is 0.0714. The van der Waals surface area contributed by atoms with Gasteiger partial charge in [0.05, 0.1) is 5.56 Å². The van der Waals surface area contributed by atoms with Crippen LogP contribution >= 0.6 is 12.2 Å². The molecule has 0 aliphatic heterocycles. The van der Waals surface area contributed by atoms with E-state index in [1.807, 2.05) is 49.4 Å². The summed E-state index contributed by atoms with van der Waals surface area (Å²) in [6, 6.07) is 13.3. The Labute approximate surface area is 126 Å². The second-order valence-corrected chi connectivity index (χ2v) is 4.90. The summed E-state index contributed by atoms with van der Waals surface area (Å²) in [6.07, 6.45) is 0. The first-order valence-electron chi connectivity index (χ1n) is 6.28. The van der Waals surface area contributed by atoms with E-state index in [1.54, 1.807) is 0 Å². The second-order valence-electron chi connectivity index (χ2n) is 4.46. The number of aromatic nitrogens is 5. The molecule has 2 N–H and O–H groups in total. The van der Waals surface area contributed by atoms with E-state index in [0.717, 1.165) is 11.3 Å². The van der Waals surface area contributed by atoms with Crippen LogP contribution in [0.2, 0.25) is 0 Å². The number of benzene rings is 1. The molecule has 0 aliphatic carbocycles. The van der Waals surface area contributed by atoms with Gasteiger partial charge in [-0.05, 0) is 24.3 Å². The Hall–Kier alpha value is -2.67. The number of hydrogen-bond donors (Lipinski definition) is 1. The summed E-state index contributed by atoms with van der Waals surface area (Å²) in [5.74, 6) is 1.00. The van der Waals surface area contributed by atoms with Gasteiger partial charge in [0.2, 0.25) is 5.82 Å².